The van der Waals surface area contributed by atoms with Gasteiger partial charge in [-0.05, 0) is 49.1 Å². The van der Waals surface area contributed by atoms with Gasteiger partial charge in [0.15, 0.2) is 5.82 Å². The summed E-state index contributed by atoms with van der Waals surface area (Å²) in [4.78, 5) is 43.6. The van der Waals surface area contributed by atoms with Gasteiger partial charge in [-0.25, -0.2) is 4.79 Å². The molecule has 1 aliphatic carbocycles. The molecule has 4 amide bonds. The molecule has 2 aliphatic rings. The first-order valence-corrected chi connectivity index (χ1v) is 11.6. The maximum absolute atomic E-state index is 13.1. The molecular formula is C24H32N6O3. The zero-order valence-corrected chi connectivity index (χ0v) is 19.5. The van der Waals surface area contributed by atoms with Gasteiger partial charge in [-0.3, -0.25) is 24.2 Å². The molecule has 9 heteroatoms. The normalized spacial score (nSPS) is 23.1. The van der Waals surface area contributed by atoms with Gasteiger partial charge in [-0.1, -0.05) is 33.3 Å². The molecule has 0 bridgehead atoms. The van der Waals surface area contributed by atoms with Crippen LogP contribution in [-0.2, 0) is 16.1 Å². The summed E-state index contributed by atoms with van der Waals surface area (Å²) in [5.41, 5.74) is 0.189. The second-order valence-electron chi connectivity index (χ2n) is 9.79. The molecule has 1 aliphatic heterocycles. The topological polar surface area (TPSA) is 109 Å². The van der Waals surface area contributed by atoms with Gasteiger partial charge in [0.1, 0.15) is 12.1 Å². The van der Waals surface area contributed by atoms with Crippen LogP contribution < -0.4 is 10.6 Å². The van der Waals surface area contributed by atoms with Crippen molar-refractivity contribution in [3.63, 3.8) is 0 Å². The van der Waals surface area contributed by atoms with Crippen LogP contribution in [-0.4, -0.2) is 49.6 Å². The number of rotatable bonds is 7. The average Bonchev–Trinajstić information content (AvgIpc) is 3.32. The highest BCUT2D eigenvalue weighted by Gasteiger charge is 2.53. The van der Waals surface area contributed by atoms with Crippen molar-refractivity contribution in [2.75, 3.05) is 11.9 Å². The Morgan fingerprint density at radius 2 is 2.00 bits per heavy atom. The van der Waals surface area contributed by atoms with Gasteiger partial charge in [0.2, 0.25) is 5.91 Å². The molecule has 1 saturated heterocycles. The van der Waals surface area contributed by atoms with Crippen LogP contribution in [0.4, 0.5) is 10.6 Å². The highest BCUT2D eigenvalue weighted by Crippen LogP contribution is 2.45. The molecule has 0 atom stereocenters. The summed E-state index contributed by atoms with van der Waals surface area (Å²) in [7, 11) is 0. The van der Waals surface area contributed by atoms with E-state index < -0.39 is 17.5 Å². The van der Waals surface area contributed by atoms with Crippen LogP contribution in [0.3, 0.4) is 0 Å². The van der Waals surface area contributed by atoms with Gasteiger partial charge in [0.05, 0.1) is 12.2 Å². The number of pyridine rings is 1. The number of carbonyl (C=O) groups excluding carboxylic acids is 3. The molecular weight excluding hydrogens is 420 g/mol. The highest BCUT2D eigenvalue weighted by atomic mass is 16.2. The Morgan fingerprint density at radius 1 is 1.24 bits per heavy atom. The summed E-state index contributed by atoms with van der Waals surface area (Å²) < 4.78 is 1.66. The van der Waals surface area contributed by atoms with Crippen LogP contribution >= 0.6 is 0 Å². The number of nitrogens with one attached hydrogen (secondary N) is 2. The minimum Gasteiger partial charge on any atom is -0.323 e. The maximum atomic E-state index is 13.1. The Balaban J connectivity index is 1.33. The largest absolute Gasteiger partial charge is 0.325 e. The van der Waals surface area contributed by atoms with E-state index in [-0.39, 0.29) is 17.9 Å². The van der Waals surface area contributed by atoms with Crippen LogP contribution in [0.1, 0.15) is 58.6 Å². The Morgan fingerprint density at radius 3 is 2.67 bits per heavy atom. The minimum atomic E-state index is -0.873. The highest BCUT2D eigenvalue weighted by molar-refractivity contribution is 6.10. The predicted molar refractivity (Wildman–Crippen MR) is 123 cm³/mol. The number of amides is 4. The van der Waals surface area contributed by atoms with Gasteiger partial charge in [-0.15, -0.1) is 0 Å². The molecule has 1 saturated carbocycles. The number of urea groups is 1. The summed E-state index contributed by atoms with van der Waals surface area (Å²) in [6, 6.07) is 6.81. The first-order chi connectivity index (χ1) is 15.7. The number of carbonyl (C=O) groups is 3. The Bertz CT molecular complexity index is 1020. The minimum absolute atomic E-state index is 0.215. The number of anilines is 1. The van der Waals surface area contributed by atoms with E-state index in [1.165, 1.54) is 0 Å². The zero-order chi connectivity index (χ0) is 23.6. The molecule has 0 unspecified atom stereocenters. The van der Waals surface area contributed by atoms with Crippen molar-refractivity contribution >= 4 is 23.7 Å². The summed E-state index contributed by atoms with van der Waals surface area (Å²) in [5, 5.41) is 9.89. The van der Waals surface area contributed by atoms with Crippen LogP contribution in [0.5, 0.6) is 0 Å². The Kier molecular flexibility index (Phi) is 6.23. The SMILES string of the molecule is CCC(C)(C)C1CCC2(CC1)NC(=O)N(CC(=O)Nc1ccn(Cc3ccccn3)n1)C2=O. The number of hydrogen-bond acceptors (Lipinski definition) is 5. The third kappa shape index (κ3) is 4.77. The Labute approximate surface area is 193 Å². The van der Waals surface area contributed by atoms with Crippen LogP contribution in [0, 0.1) is 11.3 Å². The second kappa shape index (κ2) is 8.96. The first-order valence-electron chi connectivity index (χ1n) is 11.6. The van der Waals surface area contributed by atoms with Gasteiger partial charge in [0, 0.05) is 18.5 Å². The molecule has 3 heterocycles. The maximum Gasteiger partial charge on any atom is 0.325 e. The van der Waals surface area contributed by atoms with E-state index in [0.29, 0.717) is 31.1 Å². The van der Waals surface area contributed by atoms with E-state index in [2.05, 4.69) is 41.5 Å². The van der Waals surface area contributed by atoms with Crippen molar-refractivity contribution in [1.29, 1.82) is 0 Å². The van der Waals surface area contributed by atoms with Crippen LogP contribution in [0.25, 0.3) is 0 Å². The quantitative estimate of drug-likeness (QED) is 0.627. The standard InChI is InChI=1S/C24H32N6O3/c1-4-23(2,3)17-8-11-24(12-9-17)21(32)30(22(33)27-24)16-20(31)26-19-10-14-29(28-19)15-18-7-5-6-13-25-18/h5-7,10,13-14,17H,4,8-9,11-12,15-16H2,1-3H3,(H,27,33)(H,26,28,31). The van der Waals surface area contributed by atoms with E-state index in [1.54, 1.807) is 23.1 Å². The zero-order valence-electron chi connectivity index (χ0n) is 19.5. The van der Waals surface area contributed by atoms with Gasteiger partial charge >= 0.3 is 6.03 Å². The van der Waals surface area contributed by atoms with Crippen molar-refractivity contribution in [3.8, 4) is 0 Å². The van der Waals surface area contributed by atoms with Crippen molar-refractivity contribution in [1.82, 2.24) is 25.0 Å². The molecule has 1 spiro atoms. The van der Waals surface area contributed by atoms with E-state index >= 15 is 0 Å². The van der Waals surface area contributed by atoms with Gasteiger partial charge in [0.25, 0.3) is 5.91 Å². The summed E-state index contributed by atoms with van der Waals surface area (Å²) in [6.07, 6.45) is 7.53. The Hall–Kier alpha value is -3.23. The first kappa shape index (κ1) is 22.9. The van der Waals surface area contributed by atoms with Crippen molar-refractivity contribution in [2.24, 2.45) is 11.3 Å². The molecule has 2 fully saturated rings. The fourth-order valence-electron chi connectivity index (χ4n) is 4.84. The van der Waals surface area contributed by atoms with Crippen molar-refractivity contribution < 1.29 is 14.4 Å². The molecule has 2 N–H and O–H groups in total. The molecule has 33 heavy (non-hydrogen) atoms. The number of aromatic nitrogens is 3. The third-order valence-corrected chi connectivity index (χ3v) is 7.36. The third-order valence-electron chi connectivity index (χ3n) is 7.36. The van der Waals surface area contributed by atoms with Crippen molar-refractivity contribution in [3.05, 3.63) is 42.4 Å². The molecule has 2 aromatic heterocycles. The molecule has 0 aromatic carbocycles. The second-order valence-corrected chi connectivity index (χ2v) is 9.79. The molecule has 2 aromatic rings. The number of hydrogen-bond donors (Lipinski definition) is 2. The monoisotopic (exact) mass is 452 g/mol. The van der Waals surface area contributed by atoms with E-state index in [9.17, 15) is 14.4 Å². The number of imide groups is 1. The van der Waals surface area contributed by atoms with E-state index in [0.717, 1.165) is 29.9 Å². The lowest BCUT2D eigenvalue weighted by molar-refractivity contribution is -0.135. The fraction of sp³-hybridized carbons (Fsp3) is 0.542. The van der Waals surface area contributed by atoms with Gasteiger partial charge < -0.3 is 10.6 Å². The predicted octanol–water partition coefficient (Wildman–Crippen LogP) is 3.18. The summed E-state index contributed by atoms with van der Waals surface area (Å²) in [5.74, 6) is 0.131. The van der Waals surface area contributed by atoms with Crippen LogP contribution in [0.15, 0.2) is 36.7 Å². The fourth-order valence-corrected chi connectivity index (χ4v) is 4.84. The lowest BCUT2D eigenvalue weighted by atomic mass is 9.65. The van der Waals surface area contributed by atoms with E-state index in [1.807, 2.05) is 18.2 Å². The summed E-state index contributed by atoms with van der Waals surface area (Å²) >= 11 is 0. The van der Waals surface area contributed by atoms with Crippen molar-refractivity contribution in [2.45, 2.75) is 65.0 Å². The average molecular weight is 453 g/mol. The lowest BCUT2D eigenvalue weighted by Gasteiger charge is -2.42. The smallest absolute Gasteiger partial charge is 0.323 e. The molecule has 4 rings (SSSR count). The molecule has 9 nitrogen and oxygen atoms in total. The molecule has 0 radical (unpaired) electrons. The number of nitrogens with zero attached hydrogens (tertiary/aromatic N) is 4. The summed E-state index contributed by atoms with van der Waals surface area (Å²) in [6.45, 7) is 6.86. The lowest BCUT2D eigenvalue weighted by Crippen LogP contribution is -2.51. The molecule has 176 valence electrons. The van der Waals surface area contributed by atoms with Crippen LogP contribution in [0.2, 0.25) is 0 Å². The van der Waals surface area contributed by atoms with Gasteiger partial charge in [-0.2, -0.15) is 5.10 Å². The van der Waals surface area contributed by atoms with E-state index in [4.69, 9.17) is 0 Å².